The van der Waals surface area contributed by atoms with Crippen molar-refractivity contribution in [1.29, 1.82) is 0 Å². The van der Waals surface area contributed by atoms with Crippen LogP contribution in [0, 0.1) is 5.92 Å². The van der Waals surface area contributed by atoms with E-state index in [-0.39, 0.29) is 22.8 Å². The fourth-order valence-corrected chi connectivity index (χ4v) is 3.51. The van der Waals surface area contributed by atoms with Crippen LogP contribution < -0.4 is 10.6 Å². The largest absolute Gasteiger partial charge is 0.354 e. The van der Waals surface area contributed by atoms with Gasteiger partial charge in [0.25, 0.3) is 5.91 Å². The van der Waals surface area contributed by atoms with Crippen molar-refractivity contribution in [2.24, 2.45) is 5.92 Å². The lowest BCUT2D eigenvalue weighted by atomic mass is 9.97. The summed E-state index contributed by atoms with van der Waals surface area (Å²) in [6.07, 6.45) is 7.88. The molecule has 1 aromatic rings. The molecule has 0 fully saturated rings. The molecule has 0 radical (unpaired) electrons. The van der Waals surface area contributed by atoms with Crippen molar-refractivity contribution in [2.75, 3.05) is 6.54 Å². The molecule has 26 heavy (non-hydrogen) atoms. The maximum absolute atomic E-state index is 12.5. The zero-order chi connectivity index (χ0) is 19.1. The quantitative estimate of drug-likeness (QED) is 0.652. The second kappa shape index (κ2) is 9.98. The van der Waals surface area contributed by atoms with Gasteiger partial charge in [-0.2, -0.15) is 0 Å². The Kier molecular flexibility index (Phi) is 7.98. The van der Waals surface area contributed by atoms with Crippen molar-refractivity contribution >= 4 is 35.0 Å². The molecular weight excluding hydrogens is 371 g/mol. The molecule has 1 aliphatic carbocycles. The second-order valence-corrected chi connectivity index (χ2v) is 7.81. The molecule has 0 heterocycles. The van der Waals surface area contributed by atoms with Crippen LogP contribution in [0.5, 0.6) is 0 Å². The van der Waals surface area contributed by atoms with Crippen LogP contribution in [0.1, 0.15) is 56.3 Å². The van der Waals surface area contributed by atoms with Crippen LogP contribution >= 0.6 is 23.2 Å². The summed E-state index contributed by atoms with van der Waals surface area (Å²) in [7, 11) is 0. The Labute approximate surface area is 165 Å². The van der Waals surface area contributed by atoms with Gasteiger partial charge < -0.3 is 10.6 Å². The summed E-state index contributed by atoms with van der Waals surface area (Å²) in [4.78, 5) is 25.0. The van der Waals surface area contributed by atoms with Gasteiger partial charge in [-0.15, -0.1) is 0 Å². The van der Waals surface area contributed by atoms with Gasteiger partial charge in [-0.05, 0) is 56.2 Å². The number of carbonyl (C=O) groups excluding carboxylic acids is 2. The maximum atomic E-state index is 12.5. The number of rotatable bonds is 7. The normalized spacial score (nSPS) is 15.3. The summed E-state index contributed by atoms with van der Waals surface area (Å²) < 4.78 is 0. The maximum Gasteiger partial charge on any atom is 0.253 e. The number of carbonyl (C=O) groups is 2. The standard InChI is InChI=1S/C20H26Cl2N2O2/c1-13(2)18(20(26)23-11-10-14-6-4-3-5-7-14)24-19(25)16-9-8-15(21)12-17(16)22/h6,8-9,12-13,18H,3-5,7,10-11H2,1-2H3,(H,23,26)(H,24,25)/t18-/m0/s1. The van der Waals surface area contributed by atoms with Gasteiger partial charge in [0.1, 0.15) is 6.04 Å². The van der Waals surface area contributed by atoms with Gasteiger partial charge in [0.05, 0.1) is 10.6 Å². The number of benzene rings is 1. The molecule has 0 saturated carbocycles. The third-order valence-corrected chi connectivity index (χ3v) is 5.09. The minimum Gasteiger partial charge on any atom is -0.354 e. The van der Waals surface area contributed by atoms with Crippen molar-refractivity contribution in [3.63, 3.8) is 0 Å². The fraction of sp³-hybridized carbons (Fsp3) is 0.500. The molecule has 0 bridgehead atoms. The first kappa shape index (κ1) is 20.8. The van der Waals surface area contributed by atoms with E-state index in [1.807, 2.05) is 13.8 Å². The highest BCUT2D eigenvalue weighted by Crippen LogP contribution is 2.21. The Bertz CT molecular complexity index is 686. The Morgan fingerprint density at radius 3 is 2.58 bits per heavy atom. The number of hydrogen-bond acceptors (Lipinski definition) is 2. The van der Waals surface area contributed by atoms with Gasteiger partial charge in [-0.3, -0.25) is 9.59 Å². The van der Waals surface area contributed by atoms with E-state index in [1.54, 1.807) is 12.1 Å². The molecule has 0 unspecified atom stereocenters. The minimum absolute atomic E-state index is 0.0427. The van der Waals surface area contributed by atoms with Crippen LogP contribution in [0.2, 0.25) is 10.0 Å². The highest BCUT2D eigenvalue weighted by Gasteiger charge is 2.25. The van der Waals surface area contributed by atoms with E-state index >= 15 is 0 Å². The number of hydrogen-bond donors (Lipinski definition) is 2. The summed E-state index contributed by atoms with van der Waals surface area (Å²) in [6.45, 7) is 4.39. The lowest BCUT2D eigenvalue weighted by Crippen LogP contribution is -2.50. The van der Waals surface area contributed by atoms with Gasteiger partial charge in [-0.1, -0.05) is 48.7 Å². The van der Waals surface area contributed by atoms with Gasteiger partial charge in [0, 0.05) is 11.6 Å². The van der Waals surface area contributed by atoms with Gasteiger partial charge in [0.2, 0.25) is 5.91 Å². The third kappa shape index (κ3) is 6.03. The average molecular weight is 397 g/mol. The smallest absolute Gasteiger partial charge is 0.253 e. The zero-order valence-corrected chi connectivity index (χ0v) is 16.8. The monoisotopic (exact) mass is 396 g/mol. The Balaban J connectivity index is 1.93. The van der Waals surface area contributed by atoms with E-state index in [0.717, 1.165) is 19.3 Å². The SMILES string of the molecule is CC(C)[C@H](NC(=O)c1ccc(Cl)cc1Cl)C(=O)NCCC1=CCCCC1. The molecule has 2 N–H and O–H groups in total. The molecule has 1 aromatic carbocycles. The highest BCUT2D eigenvalue weighted by atomic mass is 35.5. The van der Waals surface area contributed by atoms with Crippen LogP contribution in [-0.4, -0.2) is 24.4 Å². The van der Waals surface area contributed by atoms with E-state index < -0.39 is 6.04 Å². The highest BCUT2D eigenvalue weighted by molar-refractivity contribution is 6.36. The average Bonchev–Trinajstić information content (AvgIpc) is 2.60. The molecule has 0 aliphatic heterocycles. The first-order chi connectivity index (χ1) is 12.4. The Morgan fingerprint density at radius 1 is 1.19 bits per heavy atom. The van der Waals surface area contributed by atoms with Crippen molar-refractivity contribution < 1.29 is 9.59 Å². The van der Waals surface area contributed by atoms with Crippen molar-refractivity contribution in [2.45, 2.75) is 52.0 Å². The molecule has 1 aliphatic rings. The number of amides is 2. The van der Waals surface area contributed by atoms with Gasteiger partial charge in [-0.25, -0.2) is 0 Å². The number of nitrogens with one attached hydrogen (secondary N) is 2. The lowest BCUT2D eigenvalue weighted by Gasteiger charge is -2.22. The summed E-state index contributed by atoms with van der Waals surface area (Å²) in [5, 5.41) is 6.46. The minimum atomic E-state index is -0.616. The Hall–Kier alpha value is -1.52. The van der Waals surface area contributed by atoms with E-state index in [2.05, 4.69) is 16.7 Å². The molecule has 1 atom stereocenters. The van der Waals surface area contributed by atoms with Crippen LogP contribution in [-0.2, 0) is 4.79 Å². The molecule has 0 saturated heterocycles. The van der Waals surface area contributed by atoms with Crippen LogP contribution in [0.25, 0.3) is 0 Å². The first-order valence-corrected chi connectivity index (χ1v) is 9.85. The summed E-state index contributed by atoms with van der Waals surface area (Å²) >= 11 is 11.9. The zero-order valence-electron chi connectivity index (χ0n) is 15.3. The summed E-state index contributed by atoms with van der Waals surface area (Å²) in [6, 6.07) is 4.06. The predicted molar refractivity (Wildman–Crippen MR) is 107 cm³/mol. The number of allylic oxidation sites excluding steroid dienone is 1. The first-order valence-electron chi connectivity index (χ1n) is 9.10. The van der Waals surface area contributed by atoms with E-state index in [4.69, 9.17) is 23.2 Å². The van der Waals surface area contributed by atoms with Crippen molar-refractivity contribution in [1.82, 2.24) is 10.6 Å². The predicted octanol–water partition coefficient (Wildman–Crippen LogP) is 4.75. The summed E-state index contributed by atoms with van der Waals surface area (Å²) in [5.41, 5.74) is 1.72. The van der Waals surface area contributed by atoms with E-state index in [9.17, 15) is 9.59 Å². The van der Waals surface area contributed by atoms with Gasteiger partial charge >= 0.3 is 0 Å². The topological polar surface area (TPSA) is 58.2 Å². The van der Waals surface area contributed by atoms with Crippen molar-refractivity contribution in [3.8, 4) is 0 Å². The van der Waals surface area contributed by atoms with E-state index in [1.165, 1.54) is 24.5 Å². The summed E-state index contributed by atoms with van der Waals surface area (Å²) in [5.74, 6) is -0.593. The molecule has 0 aromatic heterocycles. The number of halogens is 2. The lowest BCUT2D eigenvalue weighted by molar-refractivity contribution is -0.123. The molecule has 2 rings (SSSR count). The van der Waals surface area contributed by atoms with Crippen LogP contribution in [0.3, 0.4) is 0 Å². The molecule has 0 spiro atoms. The van der Waals surface area contributed by atoms with E-state index in [0.29, 0.717) is 17.1 Å². The second-order valence-electron chi connectivity index (χ2n) is 6.97. The molecule has 142 valence electrons. The van der Waals surface area contributed by atoms with Crippen LogP contribution in [0.4, 0.5) is 0 Å². The van der Waals surface area contributed by atoms with Crippen LogP contribution in [0.15, 0.2) is 29.8 Å². The molecule has 6 heteroatoms. The third-order valence-electron chi connectivity index (χ3n) is 4.54. The Morgan fingerprint density at radius 2 is 1.96 bits per heavy atom. The molecular formula is C20H26Cl2N2O2. The fourth-order valence-electron chi connectivity index (χ4n) is 3.02. The molecule has 4 nitrogen and oxygen atoms in total. The molecule has 2 amide bonds. The van der Waals surface area contributed by atoms with Crippen molar-refractivity contribution in [3.05, 3.63) is 45.5 Å². The van der Waals surface area contributed by atoms with Gasteiger partial charge in [0.15, 0.2) is 0 Å².